The van der Waals surface area contributed by atoms with Gasteiger partial charge in [0.25, 0.3) is 5.91 Å². The van der Waals surface area contributed by atoms with E-state index >= 15 is 0 Å². The Kier molecular flexibility index (Phi) is 7.16. The first-order valence-electron chi connectivity index (χ1n) is 8.56. The quantitative estimate of drug-likeness (QED) is 0.718. The van der Waals surface area contributed by atoms with Gasteiger partial charge in [0.05, 0.1) is 6.04 Å². The summed E-state index contributed by atoms with van der Waals surface area (Å²) in [7, 11) is 1.49. The van der Waals surface area contributed by atoms with Crippen molar-refractivity contribution in [2.75, 3.05) is 7.05 Å². The number of carbonyl (C=O) groups is 2. The molecule has 132 valence electrons. The Morgan fingerprint density at radius 2 is 1.60 bits per heavy atom. The van der Waals surface area contributed by atoms with Crippen LogP contribution in [0, 0.1) is 0 Å². The van der Waals surface area contributed by atoms with Gasteiger partial charge in [0.15, 0.2) is 6.04 Å². The van der Waals surface area contributed by atoms with Crippen LogP contribution >= 0.6 is 0 Å². The molecule has 3 amide bonds. The summed E-state index contributed by atoms with van der Waals surface area (Å²) in [6.45, 7) is 2.10. The van der Waals surface area contributed by atoms with Crippen molar-refractivity contribution in [1.29, 1.82) is 0 Å². The number of rotatable bonds is 7. The predicted octanol–water partition coefficient (Wildman–Crippen LogP) is 1.77. The highest BCUT2D eigenvalue weighted by molar-refractivity contribution is 5.96. The van der Waals surface area contributed by atoms with Crippen LogP contribution in [-0.2, 0) is 11.2 Å². The number of amides is 3. The fourth-order valence-electron chi connectivity index (χ4n) is 2.73. The molecule has 0 fully saturated rings. The highest BCUT2D eigenvalue weighted by atomic mass is 16.2. The Morgan fingerprint density at radius 1 is 1.00 bits per heavy atom. The fraction of sp³-hybridized carbons (Fsp3) is 0.300. The molecule has 4 N–H and O–H groups in total. The molecule has 2 aromatic rings. The van der Waals surface area contributed by atoms with E-state index < -0.39 is 12.1 Å². The number of carbonyl (C=O) groups excluding carboxylic acids is 2. The molecule has 2 rings (SSSR count). The van der Waals surface area contributed by atoms with E-state index in [2.05, 4.69) is 29.7 Å². The van der Waals surface area contributed by atoms with E-state index in [0.717, 1.165) is 18.4 Å². The number of nitrogens with two attached hydrogens (primary N) is 1. The van der Waals surface area contributed by atoms with E-state index in [1.807, 2.05) is 53.8 Å². The third-order valence-corrected chi connectivity index (χ3v) is 4.16. The summed E-state index contributed by atoms with van der Waals surface area (Å²) in [5.74, 6) is -0.308. The fourth-order valence-corrected chi connectivity index (χ4v) is 2.73. The lowest BCUT2D eigenvalue weighted by Gasteiger charge is -2.19. The van der Waals surface area contributed by atoms with Crippen LogP contribution in [0.25, 0.3) is 0 Å². The van der Waals surface area contributed by atoms with Crippen LogP contribution in [0.5, 0.6) is 0 Å². The third-order valence-electron chi connectivity index (χ3n) is 4.16. The van der Waals surface area contributed by atoms with Gasteiger partial charge in [-0.2, -0.15) is 0 Å². The molecular formula is C20H26N3O2+. The smallest absolute Gasteiger partial charge is 0.321 e. The Hall–Kier alpha value is -2.66. The van der Waals surface area contributed by atoms with Crippen LogP contribution in [-0.4, -0.2) is 25.0 Å². The van der Waals surface area contributed by atoms with Gasteiger partial charge in [0, 0.05) is 19.0 Å². The molecule has 0 unspecified atom stereocenters. The molecule has 5 nitrogen and oxygen atoms in total. The molecule has 2 atom stereocenters. The summed E-state index contributed by atoms with van der Waals surface area (Å²) in [5.41, 5.74) is 2.17. The number of benzene rings is 2. The molecule has 0 aromatic heterocycles. The van der Waals surface area contributed by atoms with Crippen molar-refractivity contribution in [3.63, 3.8) is 0 Å². The summed E-state index contributed by atoms with van der Waals surface area (Å²) in [5, 5.41) is 6.83. The van der Waals surface area contributed by atoms with Gasteiger partial charge < -0.3 is 10.6 Å². The topological polar surface area (TPSA) is 74.8 Å². The number of aryl methyl sites for hydroxylation is 1. The zero-order valence-electron chi connectivity index (χ0n) is 14.7. The molecular weight excluding hydrogens is 314 g/mol. The molecule has 0 bridgehead atoms. The second kappa shape index (κ2) is 9.59. The zero-order chi connectivity index (χ0) is 18.1. The summed E-state index contributed by atoms with van der Waals surface area (Å²) in [6.07, 6.45) is 1.90. The van der Waals surface area contributed by atoms with Gasteiger partial charge in [-0.25, -0.2) is 4.79 Å². The number of imide groups is 1. The van der Waals surface area contributed by atoms with Gasteiger partial charge in [-0.05, 0) is 18.9 Å². The summed E-state index contributed by atoms with van der Waals surface area (Å²) in [4.78, 5) is 24.0. The maximum absolute atomic E-state index is 12.5. The van der Waals surface area contributed by atoms with E-state index in [-0.39, 0.29) is 11.9 Å². The molecule has 0 saturated carbocycles. The van der Waals surface area contributed by atoms with E-state index in [1.165, 1.54) is 12.6 Å². The molecule has 0 spiro atoms. The lowest BCUT2D eigenvalue weighted by Crippen LogP contribution is -2.92. The van der Waals surface area contributed by atoms with Gasteiger partial charge >= 0.3 is 6.03 Å². The summed E-state index contributed by atoms with van der Waals surface area (Å²) in [6, 6.07) is 19.1. The Morgan fingerprint density at radius 3 is 2.20 bits per heavy atom. The minimum absolute atomic E-state index is 0.237. The molecule has 25 heavy (non-hydrogen) atoms. The Bertz CT molecular complexity index is 674. The third kappa shape index (κ3) is 6.04. The highest BCUT2D eigenvalue weighted by Crippen LogP contribution is 2.10. The van der Waals surface area contributed by atoms with Crippen LogP contribution < -0.4 is 16.0 Å². The average Bonchev–Trinajstić information content (AvgIpc) is 2.65. The first-order valence-corrected chi connectivity index (χ1v) is 8.56. The standard InChI is InChI=1S/C20H25N3O2/c1-15(13-14-16-9-5-3-6-10-16)22-18(17-11-7-4-8-12-17)19(24)23-20(25)21-2/h3-12,15,18,22H,13-14H2,1-2H3,(H2,21,23,24,25)/p+1/t15-,18+/m0/s1. The van der Waals surface area contributed by atoms with Crippen LogP contribution in [0.2, 0.25) is 0 Å². The van der Waals surface area contributed by atoms with Crippen molar-refractivity contribution in [3.05, 3.63) is 71.8 Å². The predicted molar refractivity (Wildman–Crippen MR) is 97.9 cm³/mol. The second-order valence-corrected chi connectivity index (χ2v) is 6.15. The first-order chi connectivity index (χ1) is 12.1. The van der Waals surface area contributed by atoms with Crippen LogP contribution in [0.1, 0.15) is 30.5 Å². The minimum atomic E-state index is -0.490. The van der Waals surface area contributed by atoms with Crippen molar-refractivity contribution < 1.29 is 14.9 Å². The van der Waals surface area contributed by atoms with Gasteiger partial charge in [-0.1, -0.05) is 60.7 Å². The zero-order valence-corrected chi connectivity index (χ0v) is 14.7. The van der Waals surface area contributed by atoms with E-state index in [0.29, 0.717) is 0 Å². The SMILES string of the molecule is CNC(=O)NC(=O)[C@H]([NH2+][C@@H](C)CCc1ccccc1)c1ccccc1. The molecule has 0 saturated heterocycles. The average molecular weight is 340 g/mol. The van der Waals surface area contributed by atoms with E-state index in [4.69, 9.17) is 0 Å². The molecule has 5 heteroatoms. The van der Waals surface area contributed by atoms with Crippen LogP contribution in [0.3, 0.4) is 0 Å². The van der Waals surface area contributed by atoms with E-state index in [9.17, 15) is 9.59 Å². The second-order valence-electron chi connectivity index (χ2n) is 6.15. The van der Waals surface area contributed by atoms with Gasteiger partial charge in [-0.3, -0.25) is 10.1 Å². The van der Waals surface area contributed by atoms with Crippen molar-refractivity contribution >= 4 is 11.9 Å². The lowest BCUT2D eigenvalue weighted by atomic mass is 10.0. The van der Waals surface area contributed by atoms with Crippen LogP contribution in [0.4, 0.5) is 4.79 Å². The van der Waals surface area contributed by atoms with Crippen molar-refractivity contribution in [2.45, 2.75) is 31.8 Å². The van der Waals surface area contributed by atoms with Crippen molar-refractivity contribution in [1.82, 2.24) is 10.6 Å². The maximum atomic E-state index is 12.5. The number of quaternary nitrogens is 1. The Balaban J connectivity index is 2.02. The van der Waals surface area contributed by atoms with Crippen LogP contribution in [0.15, 0.2) is 60.7 Å². The number of hydrogen-bond donors (Lipinski definition) is 3. The summed E-state index contributed by atoms with van der Waals surface area (Å²) >= 11 is 0. The minimum Gasteiger partial charge on any atom is -0.341 e. The monoisotopic (exact) mass is 340 g/mol. The molecule has 2 aromatic carbocycles. The number of urea groups is 1. The molecule has 0 aliphatic carbocycles. The van der Waals surface area contributed by atoms with Crippen molar-refractivity contribution in [2.24, 2.45) is 0 Å². The molecule has 0 radical (unpaired) electrons. The van der Waals surface area contributed by atoms with E-state index in [1.54, 1.807) is 0 Å². The summed E-state index contributed by atoms with van der Waals surface area (Å²) < 4.78 is 0. The number of hydrogen-bond acceptors (Lipinski definition) is 2. The first kappa shape index (κ1) is 18.7. The van der Waals surface area contributed by atoms with Crippen molar-refractivity contribution in [3.8, 4) is 0 Å². The normalized spacial score (nSPS) is 12.9. The highest BCUT2D eigenvalue weighted by Gasteiger charge is 2.27. The largest absolute Gasteiger partial charge is 0.341 e. The lowest BCUT2D eigenvalue weighted by molar-refractivity contribution is -0.713. The van der Waals surface area contributed by atoms with Gasteiger partial charge in [-0.15, -0.1) is 0 Å². The molecule has 0 heterocycles. The molecule has 0 aliphatic rings. The Labute approximate surface area is 148 Å². The maximum Gasteiger partial charge on any atom is 0.321 e. The van der Waals surface area contributed by atoms with Gasteiger partial charge in [0.2, 0.25) is 0 Å². The van der Waals surface area contributed by atoms with Gasteiger partial charge in [0.1, 0.15) is 0 Å². The number of nitrogens with one attached hydrogen (secondary N) is 2. The molecule has 0 aliphatic heterocycles.